The number of hydrogen-bond acceptors (Lipinski definition) is 7. The Morgan fingerprint density at radius 1 is 1.04 bits per heavy atom. The van der Waals surface area contributed by atoms with Crippen LogP contribution in [0.4, 0.5) is 0 Å². The average molecular weight is 381 g/mol. The SMILES string of the molecule is CS(=O)(=O)c1ncc2c(n1)CCN(Cc1cnc(-c3ccccc3)nc1)C2. The second kappa shape index (κ2) is 7.13. The van der Waals surface area contributed by atoms with Crippen LogP contribution in [0.1, 0.15) is 16.8 Å². The summed E-state index contributed by atoms with van der Waals surface area (Å²) >= 11 is 0. The van der Waals surface area contributed by atoms with E-state index in [1.165, 1.54) is 0 Å². The fraction of sp³-hybridized carbons (Fsp3) is 0.263. The van der Waals surface area contributed by atoms with Crippen molar-refractivity contribution in [2.24, 2.45) is 0 Å². The van der Waals surface area contributed by atoms with Gasteiger partial charge in [0.25, 0.3) is 0 Å². The van der Waals surface area contributed by atoms with Gasteiger partial charge in [0, 0.05) is 67.6 Å². The number of fused-ring (bicyclic) bond motifs is 1. The fourth-order valence-electron chi connectivity index (χ4n) is 3.10. The van der Waals surface area contributed by atoms with Crippen LogP contribution in [-0.2, 0) is 29.3 Å². The summed E-state index contributed by atoms with van der Waals surface area (Å²) in [6.07, 6.45) is 7.16. The average Bonchev–Trinajstić information content (AvgIpc) is 2.68. The van der Waals surface area contributed by atoms with E-state index in [-0.39, 0.29) is 5.16 Å². The van der Waals surface area contributed by atoms with Gasteiger partial charge in [-0.05, 0) is 0 Å². The molecule has 27 heavy (non-hydrogen) atoms. The fourth-order valence-corrected chi connectivity index (χ4v) is 3.62. The topological polar surface area (TPSA) is 88.9 Å². The molecule has 0 saturated heterocycles. The van der Waals surface area contributed by atoms with Gasteiger partial charge in [-0.15, -0.1) is 0 Å². The standard InChI is InChI=1S/C19H19N5O2S/c1-27(25,26)19-22-11-16-13-24(8-7-17(16)23-19)12-14-9-20-18(21-10-14)15-5-3-2-4-6-15/h2-6,9-11H,7-8,12-13H2,1H3. The van der Waals surface area contributed by atoms with Crippen molar-refractivity contribution < 1.29 is 8.42 Å². The Bertz CT molecular complexity index is 1050. The summed E-state index contributed by atoms with van der Waals surface area (Å²) < 4.78 is 23.2. The number of nitrogens with zero attached hydrogens (tertiary/aromatic N) is 5. The molecule has 0 radical (unpaired) electrons. The van der Waals surface area contributed by atoms with Crippen molar-refractivity contribution in [3.05, 3.63) is 65.7 Å². The molecule has 138 valence electrons. The zero-order chi connectivity index (χ0) is 18.9. The molecule has 3 heterocycles. The summed E-state index contributed by atoms with van der Waals surface area (Å²) in [5, 5.41) is -0.0976. The summed E-state index contributed by atoms with van der Waals surface area (Å²) in [5.74, 6) is 0.713. The van der Waals surface area contributed by atoms with Gasteiger partial charge < -0.3 is 0 Å². The molecule has 0 spiro atoms. The Morgan fingerprint density at radius 2 is 1.78 bits per heavy atom. The van der Waals surface area contributed by atoms with Crippen molar-refractivity contribution in [3.8, 4) is 11.4 Å². The minimum Gasteiger partial charge on any atom is -0.294 e. The molecule has 0 fully saturated rings. The van der Waals surface area contributed by atoms with Gasteiger partial charge in [-0.25, -0.2) is 28.4 Å². The second-order valence-corrected chi connectivity index (χ2v) is 8.55. The van der Waals surface area contributed by atoms with Crippen LogP contribution in [0, 0.1) is 0 Å². The van der Waals surface area contributed by atoms with Crippen LogP contribution in [0.3, 0.4) is 0 Å². The molecule has 2 aromatic heterocycles. The van der Waals surface area contributed by atoms with Crippen molar-refractivity contribution >= 4 is 9.84 Å². The highest BCUT2D eigenvalue weighted by molar-refractivity contribution is 7.90. The monoisotopic (exact) mass is 381 g/mol. The van der Waals surface area contributed by atoms with Crippen LogP contribution >= 0.6 is 0 Å². The third-order valence-electron chi connectivity index (χ3n) is 4.47. The smallest absolute Gasteiger partial charge is 0.246 e. The zero-order valence-corrected chi connectivity index (χ0v) is 15.7. The van der Waals surface area contributed by atoms with E-state index in [9.17, 15) is 8.42 Å². The second-order valence-electron chi connectivity index (χ2n) is 6.64. The largest absolute Gasteiger partial charge is 0.294 e. The van der Waals surface area contributed by atoms with Crippen molar-refractivity contribution in [1.82, 2.24) is 24.8 Å². The maximum Gasteiger partial charge on any atom is 0.246 e. The Labute approximate surface area is 158 Å². The highest BCUT2D eigenvalue weighted by Gasteiger charge is 2.21. The van der Waals surface area contributed by atoms with Crippen LogP contribution in [-0.4, -0.2) is 46.1 Å². The molecule has 4 rings (SSSR count). The van der Waals surface area contributed by atoms with Crippen molar-refractivity contribution in [1.29, 1.82) is 0 Å². The lowest BCUT2D eigenvalue weighted by Gasteiger charge is -2.27. The molecule has 8 heteroatoms. The van der Waals surface area contributed by atoms with Crippen LogP contribution in [0.2, 0.25) is 0 Å². The van der Waals surface area contributed by atoms with E-state index in [0.717, 1.165) is 41.7 Å². The van der Waals surface area contributed by atoms with Gasteiger partial charge in [-0.1, -0.05) is 30.3 Å². The Hall–Kier alpha value is -2.71. The highest BCUT2D eigenvalue weighted by Crippen LogP contribution is 2.20. The molecule has 0 saturated carbocycles. The molecule has 1 aliphatic rings. The maximum atomic E-state index is 11.6. The first-order chi connectivity index (χ1) is 13.0. The molecular formula is C19H19N5O2S. The minimum atomic E-state index is -3.38. The minimum absolute atomic E-state index is 0.0976. The summed E-state index contributed by atoms with van der Waals surface area (Å²) in [7, 11) is -3.38. The van der Waals surface area contributed by atoms with E-state index < -0.39 is 9.84 Å². The van der Waals surface area contributed by atoms with Gasteiger partial charge in [-0.2, -0.15) is 0 Å². The van der Waals surface area contributed by atoms with E-state index in [2.05, 4.69) is 24.8 Å². The molecular weight excluding hydrogens is 362 g/mol. The molecule has 1 aromatic carbocycles. The van der Waals surface area contributed by atoms with Gasteiger partial charge >= 0.3 is 0 Å². The quantitative estimate of drug-likeness (QED) is 0.638. The van der Waals surface area contributed by atoms with E-state index in [1.807, 2.05) is 42.7 Å². The molecule has 3 aromatic rings. The number of aromatic nitrogens is 4. The van der Waals surface area contributed by atoms with Gasteiger partial charge in [0.15, 0.2) is 5.82 Å². The Kier molecular flexibility index (Phi) is 4.67. The molecule has 0 atom stereocenters. The van der Waals surface area contributed by atoms with Crippen molar-refractivity contribution in [2.45, 2.75) is 24.7 Å². The zero-order valence-electron chi connectivity index (χ0n) is 14.9. The summed E-state index contributed by atoms with van der Waals surface area (Å²) in [6, 6.07) is 9.88. The van der Waals surface area contributed by atoms with E-state index in [1.54, 1.807) is 6.20 Å². The van der Waals surface area contributed by atoms with Gasteiger partial charge in [0.1, 0.15) is 0 Å². The van der Waals surface area contributed by atoms with Crippen LogP contribution in [0.5, 0.6) is 0 Å². The van der Waals surface area contributed by atoms with Gasteiger partial charge in [0.05, 0.1) is 5.69 Å². The first-order valence-corrected chi connectivity index (χ1v) is 10.5. The number of rotatable bonds is 4. The lowest BCUT2D eigenvalue weighted by atomic mass is 10.1. The van der Waals surface area contributed by atoms with E-state index in [0.29, 0.717) is 18.8 Å². The molecule has 0 bridgehead atoms. The maximum absolute atomic E-state index is 11.6. The number of benzene rings is 1. The lowest BCUT2D eigenvalue weighted by Crippen LogP contribution is -2.31. The summed E-state index contributed by atoms with van der Waals surface area (Å²) in [6.45, 7) is 2.20. The third kappa shape index (κ3) is 4.01. The summed E-state index contributed by atoms with van der Waals surface area (Å²) in [4.78, 5) is 19.4. The molecule has 1 aliphatic heterocycles. The predicted molar refractivity (Wildman–Crippen MR) is 100 cm³/mol. The first-order valence-electron chi connectivity index (χ1n) is 8.62. The molecule has 0 unspecified atom stereocenters. The van der Waals surface area contributed by atoms with Crippen LogP contribution < -0.4 is 0 Å². The van der Waals surface area contributed by atoms with E-state index >= 15 is 0 Å². The van der Waals surface area contributed by atoms with Crippen LogP contribution in [0.25, 0.3) is 11.4 Å². The molecule has 7 nitrogen and oxygen atoms in total. The third-order valence-corrected chi connectivity index (χ3v) is 5.33. The summed E-state index contributed by atoms with van der Waals surface area (Å²) in [5.41, 5.74) is 3.81. The Balaban J connectivity index is 1.46. The van der Waals surface area contributed by atoms with Crippen molar-refractivity contribution in [3.63, 3.8) is 0 Å². The molecule has 0 amide bonds. The van der Waals surface area contributed by atoms with Crippen LogP contribution in [0.15, 0.2) is 54.1 Å². The predicted octanol–water partition coefficient (Wildman–Crippen LogP) is 1.90. The number of sulfone groups is 1. The highest BCUT2D eigenvalue weighted by atomic mass is 32.2. The molecule has 0 N–H and O–H groups in total. The van der Waals surface area contributed by atoms with Crippen molar-refractivity contribution in [2.75, 3.05) is 12.8 Å². The Morgan fingerprint density at radius 3 is 2.48 bits per heavy atom. The number of hydrogen-bond donors (Lipinski definition) is 0. The van der Waals surface area contributed by atoms with Gasteiger partial charge in [0.2, 0.25) is 15.0 Å². The normalized spacial score (nSPS) is 14.7. The molecule has 0 aliphatic carbocycles. The van der Waals surface area contributed by atoms with Gasteiger partial charge in [-0.3, -0.25) is 4.90 Å². The van der Waals surface area contributed by atoms with E-state index in [4.69, 9.17) is 0 Å². The first kappa shape index (κ1) is 17.7. The lowest BCUT2D eigenvalue weighted by molar-refractivity contribution is 0.241.